The van der Waals surface area contributed by atoms with Gasteiger partial charge in [0.15, 0.2) is 0 Å². The second kappa shape index (κ2) is 8.30. The Morgan fingerprint density at radius 3 is 2.46 bits per heavy atom. The van der Waals surface area contributed by atoms with E-state index in [-0.39, 0.29) is 26.1 Å². The topological polar surface area (TPSA) is 75.7 Å². The zero-order valence-electron chi connectivity index (χ0n) is 14.8. The number of hydrogen-bond donors (Lipinski definition) is 1. The number of amides is 1. The highest BCUT2D eigenvalue weighted by molar-refractivity contribution is 7.88. The molecule has 0 aromatic heterocycles. The Balaban J connectivity index is 2.04. The largest absolute Gasteiger partial charge is 0.445 e. The Hall–Kier alpha value is -1.74. The first-order valence-electron chi connectivity index (χ1n) is 8.41. The summed E-state index contributed by atoms with van der Waals surface area (Å²) in [5.41, 5.74) is 0.797. The molecule has 0 saturated carbocycles. The number of piperidine rings is 1. The van der Waals surface area contributed by atoms with Crippen LogP contribution in [0.1, 0.15) is 18.9 Å². The number of carbonyl (C=O) groups excluding carboxylic acids is 1. The molecule has 146 valence electrons. The van der Waals surface area contributed by atoms with E-state index in [9.17, 15) is 22.0 Å². The van der Waals surface area contributed by atoms with Crippen molar-refractivity contribution < 1.29 is 26.7 Å². The number of nitrogens with one attached hydrogen (secondary N) is 1. The van der Waals surface area contributed by atoms with Crippen molar-refractivity contribution in [1.29, 1.82) is 0 Å². The summed E-state index contributed by atoms with van der Waals surface area (Å²) in [7, 11) is -3.60. The van der Waals surface area contributed by atoms with Crippen molar-refractivity contribution in [1.82, 2.24) is 9.62 Å². The third kappa shape index (κ3) is 5.38. The first-order valence-corrected chi connectivity index (χ1v) is 10.3. The van der Waals surface area contributed by atoms with Gasteiger partial charge in [0.25, 0.3) is 5.92 Å². The Morgan fingerprint density at radius 2 is 1.88 bits per heavy atom. The molecule has 1 aliphatic rings. The van der Waals surface area contributed by atoms with Crippen molar-refractivity contribution in [3.05, 3.63) is 35.9 Å². The van der Waals surface area contributed by atoms with E-state index >= 15 is 0 Å². The van der Waals surface area contributed by atoms with Crippen LogP contribution in [0.3, 0.4) is 0 Å². The van der Waals surface area contributed by atoms with E-state index in [0.29, 0.717) is 0 Å². The number of ether oxygens (including phenoxy) is 1. The number of sulfonamides is 1. The van der Waals surface area contributed by atoms with Crippen LogP contribution in [0.5, 0.6) is 0 Å². The van der Waals surface area contributed by atoms with Crippen LogP contribution in [-0.2, 0) is 21.4 Å². The smallest absolute Gasteiger partial charge is 0.410 e. The lowest BCUT2D eigenvalue weighted by molar-refractivity contribution is -0.144. The molecule has 1 aromatic rings. The van der Waals surface area contributed by atoms with Gasteiger partial charge in [-0.15, -0.1) is 0 Å². The van der Waals surface area contributed by atoms with Gasteiger partial charge in [-0.05, 0) is 12.0 Å². The maximum absolute atomic E-state index is 14.6. The van der Waals surface area contributed by atoms with E-state index in [1.807, 2.05) is 18.2 Å². The normalized spacial score (nSPS) is 22.8. The van der Waals surface area contributed by atoms with Crippen LogP contribution in [0.15, 0.2) is 30.3 Å². The molecule has 0 radical (unpaired) electrons. The summed E-state index contributed by atoms with van der Waals surface area (Å²) in [6.07, 6.45) is 0.411. The fourth-order valence-corrected chi connectivity index (χ4v) is 3.50. The van der Waals surface area contributed by atoms with E-state index < -0.39 is 40.4 Å². The molecule has 2 unspecified atom stereocenters. The standard InChI is InChI=1S/C17H24F2N2O4S/c1-3-14-10-21(16(22)25-12-13-7-5-4-6-8-13)11-15(17(14,18)19)9-20-26(2,23)24/h4-8,14-15,20H,3,9-12H2,1-2H3. The zero-order valence-corrected chi connectivity index (χ0v) is 15.6. The summed E-state index contributed by atoms with van der Waals surface area (Å²) in [6.45, 7) is 0.866. The minimum Gasteiger partial charge on any atom is -0.445 e. The van der Waals surface area contributed by atoms with Crippen molar-refractivity contribution in [3.8, 4) is 0 Å². The van der Waals surface area contributed by atoms with Crippen LogP contribution in [0.2, 0.25) is 0 Å². The first kappa shape index (κ1) is 20.6. The highest BCUT2D eigenvalue weighted by atomic mass is 32.2. The predicted octanol–water partition coefficient (Wildman–Crippen LogP) is 2.47. The molecule has 0 aliphatic carbocycles. The van der Waals surface area contributed by atoms with Crippen LogP contribution in [-0.4, -0.2) is 51.2 Å². The number of likely N-dealkylation sites (tertiary alicyclic amines) is 1. The Labute approximate surface area is 152 Å². The number of alkyl halides is 2. The van der Waals surface area contributed by atoms with Gasteiger partial charge in [0.1, 0.15) is 6.61 Å². The average Bonchev–Trinajstić information content (AvgIpc) is 2.58. The number of hydrogen-bond acceptors (Lipinski definition) is 4. The average molecular weight is 390 g/mol. The van der Waals surface area contributed by atoms with Crippen molar-refractivity contribution in [3.63, 3.8) is 0 Å². The quantitative estimate of drug-likeness (QED) is 0.810. The van der Waals surface area contributed by atoms with Gasteiger partial charge in [-0.1, -0.05) is 37.3 Å². The van der Waals surface area contributed by atoms with Crippen LogP contribution in [0.25, 0.3) is 0 Å². The fraction of sp³-hybridized carbons (Fsp3) is 0.588. The number of benzene rings is 1. The SMILES string of the molecule is CCC1CN(C(=O)OCc2ccccc2)CC(CNS(C)(=O)=O)C1(F)F. The first-order chi connectivity index (χ1) is 12.1. The van der Waals surface area contributed by atoms with Crippen LogP contribution in [0, 0.1) is 11.8 Å². The lowest BCUT2D eigenvalue weighted by atomic mass is 9.83. The Kier molecular flexibility index (Phi) is 6.57. The molecule has 1 N–H and O–H groups in total. The van der Waals surface area contributed by atoms with E-state index in [1.54, 1.807) is 19.1 Å². The molecule has 2 rings (SSSR count). The molecule has 0 bridgehead atoms. The van der Waals surface area contributed by atoms with Gasteiger partial charge in [-0.25, -0.2) is 26.7 Å². The van der Waals surface area contributed by atoms with Gasteiger partial charge in [0.05, 0.1) is 12.2 Å². The maximum atomic E-state index is 14.6. The van der Waals surface area contributed by atoms with Crippen molar-refractivity contribution >= 4 is 16.1 Å². The fourth-order valence-electron chi connectivity index (χ4n) is 3.00. The van der Waals surface area contributed by atoms with Gasteiger partial charge in [0, 0.05) is 25.6 Å². The minimum absolute atomic E-state index is 0.0512. The summed E-state index contributed by atoms with van der Waals surface area (Å²) in [5, 5.41) is 0. The van der Waals surface area contributed by atoms with Gasteiger partial charge in [-0.3, -0.25) is 0 Å². The van der Waals surface area contributed by atoms with E-state index in [2.05, 4.69) is 4.72 Å². The molecule has 9 heteroatoms. The molecular formula is C17H24F2N2O4S. The van der Waals surface area contributed by atoms with Crippen molar-refractivity contribution in [2.45, 2.75) is 25.9 Å². The molecule has 26 heavy (non-hydrogen) atoms. The molecule has 0 spiro atoms. The number of carbonyl (C=O) groups is 1. The molecule has 1 saturated heterocycles. The second-order valence-electron chi connectivity index (χ2n) is 6.54. The third-order valence-corrected chi connectivity index (χ3v) is 5.21. The Morgan fingerprint density at radius 1 is 1.27 bits per heavy atom. The molecule has 6 nitrogen and oxygen atoms in total. The van der Waals surface area contributed by atoms with Gasteiger partial charge in [0.2, 0.25) is 10.0 Å². The molecule has 1 aliphatic heterocycles. The summed E-state index contributed by atoms with van der Waals surface area (Å²) < 4.78 is 59.0. The summed E-state index contributed by atoms with van der Waals surface area (Å²) in [6, 6.07) is 9.05. The number of rotatable bonds is 6. The van der Waals surface area contributed by atoms with Crippen LogP contribution in [0.4, 0.5) is 13.6 Å². The zero-order chi connectivity index (χ0) is 19.4. The van der Waals surface area contributed by atoms with Crippen molar-refractivity contribution in [2.24, 2.45) is 11.8 Å². The molecule has 1 aromatic carbocycles. The van der Waals surface area contributed by atoms with Gasteiger partial charge < -0.3 is 9.64 Å². The van der Waals surface area contributed by atoms with E-state index in [1.165, 1.54) is 4.90 Å². The molecular weight excluding hydrogens is 366 g/mol. The summed E-state index contributed by atoms with van der Waals surface area (Å²) in [5.74, 6) is -5.42. The molecule has 1 heterocycles. The molecule has 2 atom stereocenters. The van der Waals surface area contributed by atoms with E-state index in [0.717, 1.165) is 11.8 Å². The predicted molar refractivity (Wildman–Crippen MR) is 93.3 cm³/mol. The van der Waals surface area contributed by atoms with Gasteiger partial charge >= 0.3 is 6.09 Å². The minimum atomic E-state index is -3.60. The van der Waals surface area contributed by atoms with Crippen LogP contribution < -0.4 is 4.72 Å². The molecule has 1 amide bonds. The second-order valence-corrected chi connectivity index (χ2v) is 8.38. The summed E-state index contributed by atoms with van der Waals surface area (Å²) >= 11 is 0. The number of nitrogens with zero attached hydrogens (tertiary/aromatic N) is 1. The molecule has 1 fully saturated rings. The third-order valence-electron chi connectivity index (χ3n) is 4.52. The monoisotopic (exact) mass is 390 g/mol. The van der Waals surface area contributed by atoms with Crippen molar-refractivity contribution in [2.75, 3.05) is 25.9 Å². The van der Waals surface area contributed by atoms with E-state index in [4.69, 9.17) is 4.74 Å². The lowest BCUT2D eigenvalue weighted by Gasteiger charge is -2.43. The Bertz CT molecular complexity index is 713. The highest BCUT2D eigenvalue weighted by Crippen LogP contribution is 2.39. The van der Waals surface area contributed by atoms with Crippen LogP contribution >= 0.6 is 0 Å². The summed E-state index contributed by atoms with van der Waals surface area (Å²) in [4.78, 5) is 13.6. The lowest BCUT2D eigenvalue weighted by Crippen LogP contribution is -2.57. The number of halogens is 2. The highest BCUT2D eigenvalue weighted by Gasteiger charge is 2.51. The van der Waals surface area contributed by atoms with Gasteiger partial charge in [-0.2, -0.15) is 0 Å². The maximum Gasteiger partial charge on any atom is 0.410 e.